The molecule has 0 aromatic heterocycles. The monoisotopic (exact) mass is 184 g/mol. The molecule has 3 N–H and O–H groups in total. The fourth-order valence-electron chi connectivity index (χ4n) is 1.65. The van der Waals surface area contributed by atoms with E-state index in [1.165, 1.54) is 0 Å². The van der Waals surface area contributed by atoms with Crippen LogP contribution in [0.25, 0.3) is 22.3 Å². The molecule has 2 aliphatic rings. The first kappa shape index (κ1) is 7.32. The van der Waals surface area contributed by atoms with Crippen molar-refractivity contribution in [2.45, 2.75) is 0 Å². The van der Waals surface area contributed by atoms with Crippen molar-refractivity contribution < 1.29 is 0 Å². The number of rotatable bonds is 0. The molecule has 0 saturated carbocycles. The van der Waals surface area contributed by atoms with Crippen LogP contribution in [0.4, 0.5) is 5.82 Å². The highest BCUT2D eigenvalue weighted by Crippen LogP contribution is 2.30. The number of nitrogens with two attached hydrogens (primary N) is 1. The van der Waals surface area contributed by atoms with E-state index >= 15 is 0 Å². The largest absolute Gasteiger partial charge is 0.382 e. The molecule has 1 aromatic rings. The Morgan fingerprint density at radius 2 is 2.07 bits per heavy atom. The third kappa shape index (κ3) is 0.821. The lowest BCUT2D eigenvalue weighted by molar-refractivity contribution is 1.17. The Bertz CT molecular complexity index is 569. The number of hydrogen-bond donors (Lipinski definition) is 2. The van der Waals surface area contributed by atoms with E-state index in [1.54, 1.807) is 6.33 Å². The molecule has 4 heteroatoms. The Morgan fingerprint density at radius 1 is 1.21 bits per heavy atom. The van der Waals surface area contributed by atoms with Crippen molar-refractivity contribution in [1.29, 1.82) is 0 Å². The Balaban J connectivity index is 2.55. The molecule has 0 atom stereocenters. The normalized spacial score (nSPS) is 11.1. The Morgan fingerprint density at radius 3 is 3.00 bits per heavy atom. The van der Waals surface area contributed by atoms with Crippen molar-refractivity contribution in [3.8, 4) is 11.4 Å². The predicted octanol–water partition coefficient (Wildman–Crippen LogP) is 1.64. The second kappa shape index (κ2) is 2.45. The van der Waals surface area contributed by atoms with E-state index < -0.39 is 0 Å². The van der Waals surface area contributed by atoms with Gasteiger partial charge in [-0.1, -0.05) is 18.2 Å². The minimum atomic E-state index is 0.468. The van der Waals surface area contributed by atoms with E-state index in [0.29, 0.717) is 5.82 Å². The lowest BCUT2D eigenvalue weighted by Crippen LogP contribution is -1.95. The average Bonchev–Trinajstić information content (AvgIpc) is 2.59. The molecule has 0 spiro atoms. The lowest BCUT2D eigenvalue weighted by Gasteiger charge is -1.99. The molecular weight excluding hydrogens is 176 g/mol. The zero-order valence-corrected chi connectivity index (χ0v) is 7.36. The highest BCUT2D eigenvalue weighted by molar-refractivity contribution is 5.97. The fourth-order valence-corrected chi connectivity index (χ4v) is 1.65. The number of hydrogen-bond acceptors (Lipinski definition) is 3. The van der Waals surface area contributed by atoms with Gasteiger partial charge in [-0.05, 0) is 6.07 Å². The third-order valence-corrected chi connectivity index (χ3v) is 2.30. The van der Waals surface area contributed by atoms with E-state index in [9.17, 15) is 0 Å². The molecule has 4 nitrogen and oxygen atoms in total. The summed E-state index contributed by atoms with van der Waals surface area (Å²) in [5.41, 5.74) is 8.37. The molecule has 0 fully saturated rings. The van der Waals surface area contributed by atoms with E-state index in [2.05, 4.69) is 15.0 Å². The highest BCUT2D eigenvalue weighted by Gasteiger charge is 2.14. The molecule has 1 aromatic carbocycles. The molecule has 2 heterocycles. The van der Waals surface area contributed by atoms with Gasteiger partial charge in [0.05, 0.1) is 17.5 Å². The number of para-hydroxylation sites is 1. The van der Waals surface area contributed by atoms with Gasteiger partial charge in [-0.2, -0.15) is 0 Å². The van der Waals surface area contributed by atoms with Crippen molar-refractivity contribution in [2.24, 2.45) is 0 Å². The van der Waals surface area contributed by atoms with Gasteiger partial charge in [0.25, 0.3) is 0 Å². The number of nitrogen functional groups attached to an aromatic ring is 1. The maximum absolute atomic E-state index is 5.73. The van der Waals surface area contributed by atoms with E-state index in [-0.39, 0.29) is 0 Å². The molecule has 0 unspecified atom stereocenters. The SMILES string of the molecule is Nc1nc[nH]c2c3ccccc3nc1-2. The van der Waals surface area contributed by atoms with Crippen LogP contribution < -0.4 is 5.73 Å². The molecule has 0 bridgehead atoms. The Kier molecular flexibility index (Phi) is 1.28. The quantitative estimate of drug-likeness (QED) is 0.558. The van der Waals surface area contributed by atoms with Gasteiger partial charge in [0.1, 0.15) is 5.69 Å². The smallest absolute Gasteiger partial charge is 0.153 e. The lowest BCUT2D eigenvalue weighted by atomic mass is 10.2. The molecule has 0 amide bonds. The van der Waals surface area contributed by atoms with Crippen LogP contribution in [-0.4, -0.2) is 15.0 Å². The van der Waals surface area contributed by atoms with E-state index in [0.717, 1.165) is 22.3 Å². The standard InChI is InChI=1S/C10H8N4/c11-10-9-8(12-5-13-10)6-3-1-2-4-7(6)14-9/h1-5H,11H2,(H,12,13). The number of H-pyrrole nitrogens is 1. The summed E-state index contributed by atoms with van der Waals surface area (Å²) < 4.78 is 0. The van der Waals surface area contributed by atoms with Crippen molar-refractivity contribution in [2.75, 3.05) is 5.73 Å². The van der Waals surface area contributed by atoms with Crippen LogP contribution >= 0.6 is 0 Å². The summed E-state index contributed by atoms with van der Waals surface area (Å²) >= 11 is 0. The number of nitrogens with zero attached hydrogens (tertiary/aromatic N) is 2. The minimum Gasteiger partial charge on any atom is -0.382 e. The molecule has 2 aliphatic heterocycles. The van der Waals surface area contributed by atoms with Gasteiger partial charge in [-0.25, -0.2) is 9.97 Å². The third-order valence-electron chi connectivity index (χ3n) is 2.30. The summed E-state index contributed by atoms with van der Waals surface area (Å²) in [7, 11) is 0. The molecule has 3 rings (SSSR count). The number of aromatic nitrogens is 3. The summed E-state index contributed by atoms with van der Waals surface area (Å²) in [6.45, 7) is 0. The zero-order chi connectivity index (χ0) is 9.54. The number of fused-ring (bicyclic) bond motifs is 3. The molecule has 68 valence electrons. The van der Waals surface area contributed by atoms with Crippen molar-refractivity contribution in [1.82, 2.24) is 15.0 Å². The fraction of sp³-hybridized carbons (Fsp3) is 0. The Hall–Kier alpha value is -2.10. The molecule has 0 saturated heterocycles. The number of benzene rings is 1. The summed E-state index contributed by atoms with van der Waals surface area (Å²) in [6.07, 6.45) is 1.59. The van der Waals surface area contributed by atoms with Gasteiger partial charge in [-0.3, -0.25) is 0 Å². The van der Waals surface area contributed by atoms with Crippen LogP contribution in [0.1, 0.15) is 0 Å². The second-order valence-corrected chi connectivity index (χ2v) is 3.14. The zero-order valence-electron chi connectivity index (χ0n) is 7.36. The maximum Gasteiger partial charge on any atom is 0.153 e. The highest BCUT2D eigenvalue weighted by atomic mass is 15.0. The molecule has 0 aliphatic carbocycles. The number of anilines is 1. The molecule has 14 heavy (non-hydrogen) atoms. The van der Waals surface area contributed by atoms with Crippen LogP contribution in [0, 0.1) is 0 Å². The first-order valence-corrected chi connectivity index (χ1v) is 4.33. The van der Waals surface area contributed by atoms with Crippen LogP contribution in [0.5, 0.6) is 0 Å². The van der Waals surface area contributed by atoms with Gasteiger partial charge >= 0.3 is 0 Å². The van der Waals surface area contributed by atoms with Crippen molar-refractivity contribution >= 4 is 16.7 Å². The van der Waals surface area contributed by atoms with Crippen LogP contribution in [0.15, 0.2) is 30.6 Å². The van der Waals surface area contributed by atoms with Gasteiger partial charge in [0.2, 0.25) is 0 Å². The second-order valence-electron chi connectivity index (χ2n) is 3.14. The van der Waals surface area contributed by atoms with Crippen LogP contribution in [0.2, 0.25) is 0 Å². The van der Waals surface area contributed by atoms with Gasteiger partial charge in [0.15, 0.2) is 5.82 Å². The maximum atomic E-state index is 5.73. The summed E-state index contributed by atoms with van der Waals surface area (Å²) in [4.78, 5) is 11.4. The van der Waals surface area contributed by atoms with E-state index in [4.69, 9.17) is 5.73 Å². The molecular formula is C10H8N4. The topological polar surface area (TPSA) is 67.6 Å². The average molecular weight is 184 g/mol. The predicted molar refractivity (Wildman–Crippen MR) is 54.9 cm³/mol. The number of aromatic amines is 1. The first-order valence-electron chi connectivity index (χ1n) is 4.33. The minimum absolute atomic E-state index is 0.468. The molecule has 0 radical (unpaired) electrons. The van der Waals surface area contributed by atoms with Crippen LogP contribution in [0.3, 0.4) is 0 Å². The van der Waals surface area contributed by atoms with Crippen molar-refractivity contribution in [3.05, 3.63) is 30.6 Å². The number of nitrogens with one attached hydrogen (secondary N) is 1. The van der Waals surface area contributed by atoms with Gasteiger partial charge in [0, 0.05) is 5.39 Å². The summed E-state index contributed by atoms with van der Waals surface area (Å²) in [6, 6.07) is 7.91. The summed E-state index contributed by atoms with van der Waals surface area (Å²) in [5, 5.41) is 1.08. The summed E-state index contributed by atoms with van der Waals surface area (Å²) in [5.74, 6) is 0.468. The van der Waals surface area contributed by atoms with Crippen molar-refractivity contribution in [3.63, 3.8) is 0 Å². The van der Waals surface area contributed by atoms with E-state index in [1.807, 2.05) is 24.3 Å². The Labute approximate surface area is 80.1 Å². The van der Waals surface area contributed by atoms with Gasteiger partial charge < -0.3 is 10.7 Å². The first-order chi connectivity index (χ1) is 6.86. The van der Waals surface area contributed by atoms with Crippen LogP contribution in [-0.2, 0) is 0 Å². The van der Waals surface area contributed by atoms with Gasteiger partial charge in [-0.15, -0.1) is 0 Å².